The summed E-state index contributed by atoms with van der Waals surface area (Å²) in [5, 5.41) is 8.78. The highest BCUT2D eigenvalue weighted by Crippen LogP contribution is 2.18. The van der Waals surface area contributed by atoms with E-state index in [1.807, 2.05) is 24.1 Å². The standard InChI is InChI=1S/C25H29ClN6O3/c1-31-15-12-27-23(31)17-4-8-19(9-5-17)28-24(34)22(21(16-33)32-13-2-3-14-32)30-25(35)29-20-10-6-18(26)7-11-20/h4-11,16,21-22H,2-3,12-15H2,1H3,(H,28,34)(H2,29,30,35). The van der Waals surface area contributed by atoms with Gasteiger partial charge in [-0.05, 0) is 74.5 Å². The first-order valence-corrected chi connectivity index (χ1v) is 12.0. The van der Waals surface area contributed by atoms with E-state index in [0.29, 0.717) is 29.5 Å². The minimum atomic E-state index is -1.08. The van der Waals surface area contributed by atoms with Gasteiger partial charge in [-0.25, -0.2) is 4.79 Å². The highest BCUT2D eigenvalue weighted by molar-refractivity contribution is 6.30. The minimum absolute atomic E-state index is 0.469. The lowest BCUT2D eigenvalue weighted by Gasteiger charge is -2.30. The number of amidine groups is 1. The molecule has 3 amide bonds. The first-order chi connectivity index (χ1) is 16.9. The number of rotatable bonds is 8. The predicted octanol–water partition coefficient (Wildman–Crippen LogP) is 2.82. The van der Waals surface area contributed by atoms with Gasteiger partial charge in [0, 0.05) is 35.6 Å². The molecule has 1 fully saturated rings. The Bertz CT molecular complexity index is 1080. The summed E-state index contributed by atoms with van der Waals surface area (Å²) in [6.45, 7) is 3.03. The summed E-state index contributed by atoms with van der Waals surface area (Å²) in [5.74, 6) is 0.444. The third-order valence-electron chi connectivity index (χ3n) is 6.18. The number of aldehydes is 1. The number of carbonyl (C=O) groups is 3. The molecule has 1 saturated heterocycles. The summed E-state index contributed by atoms with van der Waals surface area (Å²) < 4.78 is 0. The summed E-state index contributed by atoms with van der Waals surface area (Å²) >= 11 is 5.90. The first-order valence-electron chi connectivity index (χ1n) is 11.6. The van der Waals surface area contributed by atoms with Gasteiger partial charge in [-0.15, -0.1) is 0 Å². The number of nitrogens with one attached hydrogen (secondary N) is 3. The van der Waals surface area contributed by atoms with Crippen LogP contribution in [-0.4, -0.2) is 79.2 Å². The van der Waals surface area contributed by atoms with E-state index in [0.717, 1.165) is 43.6 Å². The Morgan fingerprint density at radius 1 is 0.971 bits per heavy atom. The Kier molecular flexibility index (Phi) is 7.99. The molecule has 35 heavy (non-hydrogen) atoms. The molecule has 10 heteroatoms. The SMILES string of the molecule is CN1CCN=C1c1ccc(NC(=O)C(NC(=O)Nc2ccc(Cl)cc2)C(C=O)N2CCCC2)cc1. The molecule has 0 aromatic heterocycles. The summed E-state index contributed by atoms with van der Waals surface area (Å²) in [5.41, 5.74) is 2.05. The Balaban J connectivity index is 1.48. The molecule has 0 spiro atoms. The van der Waals surface area contributed by atoms with Gasteiger partial charge in [-0.3, -0.25) is 14.7 Å². The number of halogens is 1. The van der Waals surface area contributed by atoms with Gasteiger partial charge in [0.2, 0.25) is 5.91 Å². The first kappa shape index (κ1) is 24.7. The number of hydrogen-bond acceptors (Lipinski definition) is 6. The van der Waals surface area contributed by atoms with Crippen LogP contribution in [0.25, 0.3) is 0 Å². The van der Waals surface area contributed by atoms with Crippen LogP contribution in [0.4, 0.5) is 16.2 Å². The van der Waals surface area contributed by atoms with Crippen LogP contribution >= 0.6 is 11.6 Å². The van der Waals surface area contributed by atoms with Crippen LogP contribution in [0, 0.1) is 0 Å². The molecule has 184 valence electrons. The molecule has 2 unspecified atom stereocenters. The summed E-state index contributed by atoms with van der Waals surface area (Å²) in [4.78, 5) is 46.6. The lowest BCUT2D eigenvalue weighted by atomic mass is 10.1. The number of anilines is 2. The molecule has 4 rings (SSSR count). The lowest BCUT2D eigenvalue weighted by molar-refractivity contribution is -0.123. The van der Waals surface area contributed by atoms with Gasteiger partial charge in [0.05, 0.1) is 12.6 Å². The fourth-order valence-electron chi connectivity index (χ4n) is 4.33. The maximum absolute atomic E-state index is 13.3. The highest BCUT2D eigenvalue weighted by atomic mass is 35.5. The molecule has 0 bridgehead atoms. The van der Waals surface area contributed by atoms with Crippen molar-refractivity contribution in [2.45, 2.75) is 24.9 Å². The van der Waals surface area contributed by atoms with Crippen molar-refractivity contribution in [2.75, 3.05) is 43.9 Å². The average molecular weight is 497 g/mol. The van der Waals surface area contributed by atoms with Gasteiger partial charge in [0.25, 0.3) is 0 Å². The van der Waals surface area contributed by atoms with Crippen molar-refractivity contribution in [2.24, 2.45) is 4.99 Å². The zero-order valence-electron chi connectivity index (χ0n) is 19.5. The van der Waals surface area contributed by atoms with E-state index in [-0.39, 0.29) is 0 Å². The second-order valence-corrected chi connectivity index (χ2v) is 9.08. The smallest absolute Gasteiger partial charge is 0.319 e. The molecule has 0 saturated carbocycles. The topological polar surface area (TPSA) is 106 Å². The van der Waals surface area contributed by atoms with Gasteiger partial charge in [0.15, 0.2) is 0 Å². The number of nitrogens with zero attached hydrogens (tertiary/aromatic N) is 3. The van der Waals surface area contributed by atoms with Crippen molar-refractivity contribution in [3.8, 4) is 0 Å². The van der Waals surface area contributed by atoms with Crippen molar-refractivity contribution in [3.05, 3.63) is 59.1 Å². The molecule has 2 aliphatic rings. The van der Waals surface area contributed by atoms with E-state index in [4.69, 9.17) is 11.6 Å². The lowest BCUT2D eigenvalue weighted by Crippen LogP contribution is -2.58. The zero-order valence-corrected chi connectivity index (χ0v) is 20.3. The number of aliphatic imine (C=N–C) groups is 1. The van der Waals surface area contributed by atoms with Gasteiger partial charge >= 0.3 is 6.03 Å². The number of benzene rings is 2. The Morgan fingerprint density at radius 3 is 2.20 bits per heavy atom. The van der Waals surface area contributed by atoms with Crippen LogP contribution in [0.3, 0.4) is 0 Å². The number of amides is 3. The van der Waals surface area contributed by atoms with Gasteiger partial charge in [0.1, 0.15) is 18.2 Å². The fourth-order valence-corrected chi connectivity index (χ4v) is 4.46. The predicted molar refractivity (Wildman–Crippen MR) is 137 cm³/mol. The van der Waals surface area contributed by atoms with E-state index in [2.05, 4.69) is 25.8 Å². The molecule has 0 aliphatic carbocycles. The summed E-state index contributed by atoms with van der Waals surface area (Å²) in [6.07, 6.45) is 2.61. The number of likely N-dealkylation sites (tertiary alicyclic amines) is 1. The van der Waals surface area contributed by atoms with Crippen LogP contribution in [0.5, 0.6) is 0 Å². The molecule has 0 radical (unpaired) electrons. The molecule has 9 nitrogen and oxygen atoms in total. The van der Waals surface area contributed by atoms with Crippen molar-refractivity contribution >= 4 is 47.0 Å². The van der Waals surface area contributed by atoms with Crippen molar-refractivity contribution in [3.63, 3.8) is 0 Å². The molecular weight excluding hydrogens is 468 g/mol. The third-order valence-corrected chi connectivity index (χ3v) is 6.44. The van der Waals surface area contributed by atoms with Gasteiger partial charge < -0.3 is 25.6 Å². The maximum Gasteiger partial charge on any atom is 0.319 e. The molecular formula is C25H29ClN6O3. The molecule has 3 N–H and O–H groups in total. The van der Waals surface area contributed by atoms with Crippen molar-refractivity contribution < 1.29 is 14.4 Å². The quantitative estimate of drug-likeness (QED) is 0.487. The summed E-state index contributed by atoms with van der Waals surface area (Å²) in [6, 6.07) is 11.5. The Hall–Kier alpha value is -3.43. The van der Waals surface area contributed by atoms with Crippen molar-refractivity contribution in [1.82, 2.24) is 15.1 Å². The monoisotopic (exact) mass is 496 g/mol. The Labute approximate surface area is 209 Å². The number of urea groups is 1. The van der Waals surface area contributed by atoms with Crippen molar-refractivity contribution in [1.29, 1.82) is 0 Å². The summed E-state index contributed by atoms with van der Waals surface area (Å²) in [7, 11) is 1.99. The van der Waals surface area contributed by atoms with E-state index in [1.54, 1.807) is 36.4 Å². The highest BCUT2D eigenvalue weighted by Gasteiger charge is 2.35. The van der Waals surface area contributed by atoms with E-state index in [9.17, 15) is 14.4 Å². The molecule has 2 aromatic rings. The van der Waals surface area contributed by atoms with E-state index >= 15 is 0 Å². The van der Waals surface area contributed by atoms with Gasteiger partial charge in [-0.1, -0.05) is 11.6 Å². The molecule has 2 aliphatic heterocycles. The fraction of sp³-hybridized carbons (Fsp3) is 0.360. The molecule has 2 aromatic carbocycles. The largest absolute Gasteiger partial charge is 0.358 e. The average Bonchev–Trinajstić information content (AvgIpc) is 3.53. The van der Waals surface area contributed by atoms with Gasteiger partial charge in [-0.2, -0.15) is 0 Å². The normalized spacial score (nSPS) is 17.4. The maximum atomic E-state index is 13.3. The van der Waals surface area contributed by atoms with Crippen LogP contribution in [0.1, 0.15) is 18.4 Å². The number of hydrogen-bond donors (Lipinski definition) is 3. The van der Waals surface area contributed by atoms with Crippen LogP contribution in [-0.2, 0) is 9.59 Å². The second-order valence-electron chi connectivity index (χ2n) is 8.65. The molecule has 2 atom stereocenters. The van der Waals surface area contributed by atoms with E-state index < -0.39 is 24.0 Å². The molecule has 2 heterocycles. The Morgan fingerprint density at radius 2 is 1.60 bits per heavy atom. The second kappa shape index (κ2) is 11.3. The zero-order chi connectivity index (χ0) is 24.8. The van der Waals surface area contributed by atoms with Crippen LogP contribution < -0.4 is 16.0 Å². The third kappa shape index (κ3) is 6.17. The van der Waals surface area contributed by atoms with Crippen LogP contribution in [0.15, 0.2) is 53.5 Å². The van der Waals surface area contributed by atoms with E-state index in [1.165, 1.54) is 0 Å². The number of carbonyl (C=O) groups excluding carboxylic acids is 3. The van der Waals surface area contributed by atoms with Crippen LogP contribution in [0.2, 0.25) is 5.02 Å². The minimum Gasteiger partial charge on any atom is -0.358 e. The number of likely N-dealkylation sites (N-methyl/N-ethyl adjacent to an activating group) is 1.